The number of nitro groups is 1. The Labute approximate surface area is 159 Å². The number of ether oxygens (including phenoxy) is 2. The largest absolute Gasteiger partial charge is 0.454 e. The standard InChI is InChI=1S/C21H13N3O4/c25-24(26)18-10-20-19(27-12-28-20)9-13(18)11-22-23-21-16-7-3-1-5-14(16)15-6-2-4-8-17(15)21/h1-11H,12H2/b22-11-. The summed E-state index contributed by atoms with van der Waals surface area (Å²) in [4.78, 5) is 10.9. The van der Waals surface area contributed by atoms with Gasteiger partial charge in [-0.05, 0) is 17.2 Å². The van der Waals surface area contributed by atoms with Crippen molar-refractivity contribution in [3.8, 4) is 22.6 Å². The van der Waals surface area contributed by atoms with Crippen LogP contribution in [0.4, 0.5) is 5.69 Å². The van der Waals surface area contributed by atoms with Gasteiger partial charge in [0.15, 0.2) is 11.5 Å². The van der Waals surface area contributed by atoms with E-state index in [9.17, 15) is 10.1 Å². The SMILES string of the molecule is O=[N+]([O-])c1cc2c(cc1/C=N\N=C1c3ccccc3-c3ccccc31)OCO2. The molecule has 5 rings (SSSR count). The Morgan fingerprint density at radius 3 is 2.07 bits per heavy atom. The highest BCUT2D eigenvalue weighted by molar-refractivity contribution is 6.24. The molecule has 3 aromatic rings. The maximum atomic E-state index is 11.4. The van der Waals surface area contributed by atoms with Gasteiger partial charge < -0.3 is 9.47 Å². The van der Waals surface area contributed by atoms with Crippen molar-refractivity contribution in [2.45, 2.75) is 0 Å². The van der Waals surface area contributed by atoms with Crippen molar-refractivity contribution in [2.24, 2.45) is 10.2 Å². The zero-order valence-electron chi connectivity index (χ0n) is 14.5. The molecule has 7 heteroatoms. The molecule has 0 radical (unpaired) electrons. The molecular formula is C21H13N3O4. The van der Waals surface area contributed by atoms with Gasteiger partial charge in [0.1, 0.15) is 5.71 Å². The Morgan fingerprint density at radius 2 is 1.46 bits per heavy atom. The molecule has 1 aliphatic carbocycles. The van der Waals surface area contributed by atoms with E-state index >= 15 is 0 Å². The first-order chi connectivity index (χ1) is 13.7. The fraction of sp³-hybridized carbons (Fsp3) is 0.0476. The van der Waals surface area contributed by atoms with Gasteiger partial charge in [0.05, 0.1) is 22.8 Å². The summed E-state index contributed by atoms with van der Waals surface area (Å²) in [7, 11) is 0. The average molecular weight is 371 g/mol. The first-order valence-corrected chi connectivity index (χ1v) is 8.60. The van der Waals surface area contributed by atoms with Crippen LogP contribution in [0.25, 0.3) is 11.1 Å². The molecule has 7 nitrogen and oxygen atoms in total. The van der Waals surface area contributed by atoms with Crippen LogP contribution in [-0.2, 0) is 0 Å². The Balaban J connectivity index is 1.57. The highest BCUT2D eigenvalue weighted by atomic mass is 16.7. The third-order valence-electron chi connectivity index (χ3n) is 4.73. The maximum absolute atomic E-state index is 11.4. The van der Waals surface area contributed by atoms with Crippen LogP contribution in [0.15, 0.2) is 70.9 Å². The van der Waals surface area contributed by atoms with Gasteiger partial charge in [-0.1, -0.05) is 48.5 Å². The normalized spacial score (nSPS) is 13.5. The van der Waals surface area contributed by atoms with Crippen molar-refractivity contribution in [1.29, 1.82) is 0 Å². The fourth-order valence-corrected chi connectivity index (χ4v) is 3.46. The van der Waals surface area contributed by atoms with Crippen LogP contribution in [0.1, 0.15) is 16.7 Å². The Morgan fingerprint density at radius 1 is 0.893 bits per heavy atom. The molecule has 1 heterocycles. The molecule has 0 spiro atoms. The summed E-state index contributed by atoms with van der Waals surface area (Å²) in [5.41, 5.74) is 5.11. The molecule has 0 fully saturated rings. The molecule has 136 valence electrons. The lowest BCUT2D eigenvalue weighted by Gasteiger charge is -2.00. The zero-order chi connectivity index (χ0) is 19.1. The van der Waals surface area contributed by atoms with Gasteiger partial charge in [-0.15, -0.1) is 5.10 Å². The van der Waals surface area contributed by atoms with Crippen molar-refractivity contribution in [2.75, 3.05) is 6.79 Å². The monoisotopic (exact) mass is 371 g/mol. The minimum atomic E-state index is -0.476. The van der Waals surface area contributed by atoms with E-state index in [1.807, 2.05) is 48.5 Å². The lowest BCUT2D eigenvalue weighted by Crippen LogP contribution is -1.98. The van der Waals surface area contributed by atoms with Crippen molar-refractivity contribution in [3.63, 3.8) is 0 Å². The highest BCUT2D eigenvalue weighted by Gasteiger charge is 2.25. The number of rotatable bonds is 3. The zero-order valence-corrected chi connectivity index (χ0v) is 14.5. The maximum Gasteiger partial charge on any atom is 0.282 e. The number of hydrogen-bond donors (Lipinski definition) is 0. The third-order valence-corrected chi connectivity index (χ3v) is 4.73. The predicted molar refractivity (Wildman–Crippen MR) is 104 cm³/mol. The average Bonchev–Trinajstić information content (AvgIpc) is 3.30. The summed E-state index contributed by atoms with van der Waals surface area (Å²) in [6, 6.07) is 18.8. The van der Waals surface area contributed by atoms with Crippen LogP contribution in [0, 0.1) is 10.1 Å². The molecule has 0 saturated heterocycles. The second-order valence-electron chi connectivity index (χ2n) is 6.31. The van der Waals surface area contributed by atoms with E-state index in [0.29, 0.717) is 17.1 Å². The van der Waals surface area contributed by atoms with Gasteiger partial charge in [0.25, 0.3) is 5.69 Å². The number of benzene rings is 3. The molecule has 0 N–H and O–H groups in total. The topological polar surface area (TPSA) is 86.3 Å². The molecule has 0 aromatic heterocycles. The lowest BCUT2D eigenvalue weighted by atomic mass is 10.1. The Hall–Kier alpha value is -4.00. The van der Waals surface area contributed by atoms with E-state index in [1.165, 1.54) is 12.3 Å². The van der Waals surface area contributed by atoms with Crippen LogP contribution in [-0.4, -0.2) is 23.6 Å². The van der Waals surface area contributed by atoms with Gasteiger partial charge in [-0.2, -0.15) is 5.10 Å². The van der Waals surface area contributed by atoms with Crippen LogP contribution >= 0.6 is 0 Å². The van der Waals surface area contributed by atoms with Crippen molar-refractivity contribution < 1.29 is 14.4 Å². The first-order valence-electron chi connectivity index (χ1n) is 8.60. The minimum absolute atomic E-state index is 0.0446. The van der Waals surface area contributed by atoms with Crippen molar-refractivity contribution in [1.82, 2.24) is 0 Å². The molecule has 1 aliphatic heterocycles. The number of fused-ring (bicyclic) bond motifs is 4. The molecule has 0 atom stereocenters. The second-order valence-corrected chi connectivity index (χ2v) is 6.31. The van der Waals surface area contributed by atoms with Gasteiger partial charge >= 0.3 is 0 Å². The summed E-state index contributed by atoms with van der Waals surface area (Å²) in [6.45, 7) is 0.0446. The van der Waals surface area contributed by atoms with Gasteiger partial charge in [0, 0.05) is 11.1 Å². The molecule has 0 saturated carbocycles. The fourth-order valence-electron chi connectivity index (χ4n) is 3.46. The van der Waals surface area contributed by atoms with E-state index in [0.717, 1.165) is 28.0 Å². The summed E-state index contributed by atoms with van der Waals surface area (Å²) in [5, 5.41) is 19.9. The molecule has 3 aromatic carbocycles. The smallest absolute Gasteiger partial charge is 0.282 e. The first kappa shape index (κ1) is 16.2. The van der Waals surface area contributed by atoms with Crippen LogP contribution in [0.5, 0.6) is 11.5 Å². The van der Waals surface area contributed by atoms with E-state index in [4.69, 9.17) is 9.47 Å². The van der Waals surface area contributed by atoms with E-state index in [2.05, 4.69) is 10.2 Å². The summed E-state index contributed by atoms with van der Waals surface area (Å²) in [6.07, 6.45) is 1.37. The second kappa shape index (κ2) is 6.31. The van der Waals surface area contributed by atoms with E-state index in [-0.39, 0.29) is 12.5 Å². The van der Waals surface area contributed by atoms with Crippen LogP contribution in [0.3, 0.4) is 0 Å². The van der Waals surface area contributed by atoms with E-state index in [1.54, 1.807) is 6.07 Å². The molecule has 0 bridgehead atoms. The Kier molecular flexibility index (Phi) is 3.65. The summed E-state index contributed by atoms with van der Waals surface area (Å²) < 4.78 is 10.5. The molecule has 28 heavy (non-hydrogen) atoms. The van der Waals surface area contributed by atoms with Gasteiger partial charge in [0.2, 0.25) is 6.79 Å². The summed E-state index contributed by atoms with van der Waals surface area (Å²) in [5.74, 6) is 0.810. The van der Waals surface area contributed by atoms with Crippen molar-refractivity contribution in [3.05, 3.63) is 87.5 Å². The quantitative estimate of drug-likeness (QED) is 0.307. The molecule has 0 unspecified atom stereocenters. The number of nitrogens with zero attached hydrogens (tertiary/aromatic N) is 3. The highest BCUT2D eigenvalue weighted by Crippen LogP contribution is 2.38. The summed E-state index contributed by atoms with van der Waals surface area (Å²) >= 11 is 0. The Bertz CT molecular complexity index is 1140. The third kappa shape index (κ3) is 2.52. The predicted octanol–water partition coefficient (Wildman–Crippen LogP) is 4.18. The van der Waals surface area contributed by atoms with Gasteiger partial charge in [-0.25, -0.2) is 0 Å². The van der Waals surface area contributed by atoms with Crippen LogP contribution in [0.2, 0.25) is 0 Å². The van der Waals surface area contributed by atoms with E-state index < -0.39 is 4.92 Å². The molecular weight excluding hydrogens is 358 g/mol. The van der Waals surface area contributed by atoms with Crippen molar-refractivity contribution >= 4 is 17.6 Å². The number of nitro benzene ring substituents is 1. The lowest BCUT2D eigenvalue weighted by molar-refractivity contribution is -0.385. The van der Waals surface area contributed by atoms with Crippen LogP contribution < -0.4 is 9.47 Å². The van der Waals surface area contributed by atoms with Gasteiger partial charge in [-0.3, -0.25) is 10.1 Å². The number of hydrogen-bond acceptors (Lipinski definition) is 6. The molecule has 0 amide bonds. The minimum Gasteiger partial charge on any atom is -0.454 e. The molecule has 2 aliphatic rings.